The molecule has 1 amide bonds. The van der Waals surface area contributed by atoms with Gasteiger partial charge in [0.2, 0.25) is 0 Å². The average Bonchev–Trinajstić information content (AvgIpc) is 2.64. The minimum absolute atomic E-state index is 2.53. The van der Waals surface area contributed by atoms with Crippen molar-refractivity contribution in [2.24, 2.45) is 5.73 Å². The lowest BCUT2D eigenvalue weighted by atomic mass is 9.86. The van der Waals surface area contributed by atoms with Gasteiger partial charge in [-0.1, -0.05) is 0 Å². The van der Waals surface area contributed by atoms with Crippen molar-refractivity contribution in [2.45, 2.75) is 59.7 Å². The highest BCUT2D eigenvalue weighted by Crippen LogP contribution is 2.65. The van der Waals surface area contributed by atoms with E-state index in [-0.39, 0.29) is 0 Å². The average molecular weight is 575 g/mol. The smallest absolute Gasteiger partial charge is 0.404 e. The van der Waals surface area contributed by atoms with Crippen LogP contribution in [-0.4, -0.2) is 72.4 Å². The molecule has 0 aromatic carbocycles. The lowest BCUT2D eigenvalue weighted by Gasteiger charge is -2.44. The zero-order chi connectivity index (χ0) is 29.1. The summed E-state index contributed by atoms with van der Waals surface area (Å²) in [6.45, 7) is -3.47. The molecule has 0 atom stereocenters. The Morgan fingerprint density at radius 2 is 0.800 bits per heavy atom. The summed E-state index contributed by atoms with van der Waals surface area (Å²) < 4.78 is 264. The van der Waals surface area contributed by atoms with Crippen LogP contribution in [-0.2, 0) is 4.74 Å². The van der Waals surface area contributed by atoms with Gasteiger partial charge in [0.15, 0.2) is 6.61 Å². The summed E-state index contributed by atoms with van der Waals surface area (Å²) in [4.78, 5) is 10.0. The largest absolute Gasteiger partial charge is 0.443 e. The molecule has 0 aliphatic rings. The van der Waals surface area contributed by atoms with Crippen LogP contribution in [0.1, 0.15) is 0 Å². The molecule has 0 unspecified atom stereocenters. The first-order valence-electron chi connectivity index (χ1n) is 7.47. The van der Waals surface area contributed by atoms with E-state index in [1.54, 1.807) is 0 Å². The van der Waals surface area contributed by atoms with Gasteiger partial charge in [-0.3, -0.25) is 0 Å². The van der Waals surface area contributed by atoms with Crippen LogP contribution >= 0.6 is 0 Å². The van der Waals surface area contributed by atoms with Gasteiger partial charge in [-0.05, 0) is 0 Å². The van der Waals surface area contributed by atoms with Crippen molar-refractivity contribution in [3.8, 4) is 0 Å². The van der Waals surface area contributed by atoms with Gasteiger partial charge in [-0.2, -0.15) is 79.0 Å². The molecule has 0 aromatic rings. The van der Waals surface area contributed by atoms with Crippen LogP contribution in [0.5, 0.6) is 0 Å². The maximum Gasteiger partial charge on any atom is 0.404 e. The fraction of sp³-hybridized carbons (Fsp3) is 0.917. The van der Waals surface area contributed by atoms with Gasteiger partial charge in [-0.15, -0.1) is 0 Å². The molecule has 0 spiro atoms. The van der Waals surface area contributed by atoms with E-state index < -0.39 is 72.4 Å². The van der Waals surface area contributed by atoms with Gasteiger partial charge in [0, 0.05) is 0 Å². The number of carbonyl (C=O) groups is 1. The van der Waals surface area contributed by atoms with Crippen molar-refractivity contribution in [3.63, 3.8) is 0 Å². The number of rotatable bonds is 11. The number of carbonyl (C=O) groups excluding carboxylic acids is 1. The molecule has 0 aliphatic heterocycles. The molecule has 23 heteroatoms. The number of halogens is 20. The molecular formula is C12H5F20NO2. The SMILES string of the molecule is NC(=O)OCC(F)(F)C(F)(F)C(F)(F)C(F)(F)C(F)(F)C(F)(F)C(F)(F)C(F)(F)C(F)(F)C(F)F. The Morgan fingerprint density at radius 3 is 1.06 bits per heavy atom. The second-order valence-electron chi connectivity index (χ2n) is 6.26. The predicted molar refractivity (Wildman–Crippen MR) is 66.1 cm³/mol. The van der Waals surface area contributed by atoms with E-state index in [2.05, 4.69) is 10.5 Å². The summed E-state index contributed by atoms with van der Waals surface area (Å²) >= 11 is 0. The quantitative estimate of drug-likeness (QED) is 0.305. The minimum Gasteiger partial charge on any atom is -0.443 e. The Morgan fingerprint density at radius 1 is 0.543 bits per heavy atom. The number of alkyl halides is 20. The first-order chi connectivity index (χ1) is 14.9. The second-order valence-corrected chi connectivity index (χ2v) is 6.26. The summed E-state index contributed by atoms with van der Waals surface area (Å²) in [6, 6.07) is 0. The standard InChI is InChI=1S/C12H5F20NO2/c13-2(14)5(17,18)7(21,22)9(25,26)11(29,30)12(31,32)10(27,28)8(23,24)6(19,20)4(15,16)1-35-3(33)34/h2H,1H2,(H2,33,34). The van der Waals surface area contributed by atoms with Crippen molar-refractivity contribution in [1.29, 1.82) is 0 Å². The van der Waals surface area contributed by atoms with E-state index in [4.69, 9.17) is 0 Å². The lowest BCUT2D eigenvalue weighted by molar-refractivity contribution is -0.465. The Balaban J connectivity index is 6.89. The van der Waals surface area contributed by atoms with Crippen molar-refractivity contribution in [2.75, 3.05) is 6.61 Å². The van der Waals surface area contributed by atoms with Crippen molar-refractivity contribution in [3.05, 3.63) is 0 Å². The van der Waals surface area contributed by atoms with Gasteiger partial charge in [0.05, 0.1) is 0 Å². The van der Waals surface area contributed by atoms with Gasteiger partial charge in [0.25, 0.3) is 0 Å². The number of primary amides is 1. The third kappa shape index (κ3) is 4.24. The van der Waals surface area contributed by atoms with Crippen LogP contribution in [0.3, 0.4) is 0 Å². The molecular weight excluding hydrogens is 570 g/mol. The Kier molecular flexibility index (Phi) is 7.96. The van der Waals surface area contributed by atoms with E-state index in [0.717, 1.165) is 0 Å². The molecule has 0 fully saturated rings. The topological polar surface area (TPSA) is 52.3 Å². The summed E-state index contributed by atoms with van der Waals surface area (Å²) in [6.07, 6.45) is -8.66. The number of hydrogen-bond donors (Lipinski definition) is 1. The zero-order valence-electron chi connectivity index (χ0n) is 15.2. The fourth-order valence-electron chi connectivity index (χ4n) is 1.81. The Bertz CT molecular complexity index is 789. The van der Waals surface area contributed by atoms with E-state index in [1.807, 2.05) is 0 Å². The normalized spacial score (nSPS) is 16.0. The number of nitrogens with two attached hydrogens (primary N) is 1. The van der Waals surface area contributed by atoms with E-state index in [0.29, 0.717) is 0 Å². The Labute approximate surface area is 177 Å². The zero-order valence-corrected chi connectivity index (χ0v) is 15.2. The first kappa shape index (κ1) is 32.9. The van der Waals surface area contributed by atoms with Crippen LogP contribution in [0, 0.1) is 0 Å². The molecule has 2 N–H and O–H groups in total. The monoisotopic (exact) mass is 575 g/mol. The van der Waals surface area contributed by atoms with Crippen molar-refractivity contribution < 1.29 is 97.3 Å². The number of hydrogen-bond acceptors (Lipinski definition) is 2. The molecule has 0 rings (SSSR count). The van der Waals surface area contributed by atoms with E-state index in [1.165, 1.54) is 0 Å². The van der Waals surface area contributed by atoms with Crippen LogP contribution in [0.15, 0.2) is 0 Å². The minimum atomic E-state index is -9.08. The lowest BCUT2D eigenvalue weighted by Crippen LogP contribution is -2.76. The molecule has 3 nitrogen and oxygen atoms in total. The van der Waals surface area contributed by atoms with E-state index in [9.17, 15) is 92.6 Å². The molecule has 210 valence electrons. The maximum atomic E-state index is 13.4. The molecule has 0 saturated heterocycles. The van der Waals surface area contributed by atoms with Crippen LogP contribution < -0.4 is 5.73 Å². The highest BCUT2D eigenvalue weighted by molar-refractivity contribution is 5.64. The van der Waals surface area contributed by atoms with Gasteiger partial charge < -0.3 is 10.5 Å². The maximum absolute atomic E-state index is 13.4. The van der Waals surface area contributed by atoms with Crippen LogP contribution in [0.2, 0.25) is 0 Å². The van der Waals surface area contributed by atoms with Gasteiger partial charge in [-0.25, -0.2) is 13.6 Å². The molecule has 0 aliphatic carbocycles. The molecule has 0 bridgehead atoms. The van der Waals surface area contributed by atoms with Crippen molar-refractivity contribution in [1.82, 2.24) is 0 Å². The fourth-order valence-corrected chi connectivity index (χ4v) is 1.81. The molecule has 0 saturated carbocycles. The second kappa shape index (κ2) is 8.47. The summed E-state index contributed by atoms with van der Waals surface area (Å²) in [5.41, 5.74) is 3.95. The third-order valence-corrected chi connectivity index (χ3v) is 3.91. The highest BCUT2D eigenvalue weighted by Gasteiger charge is 2.96. The van der Waals surface area contributed by atoms with Crippen LogP contribution in [0.25, 0.3) is 0 Å². The third-order valence-electron chi connectivity index (χ3n) is 3.91. The molecule has 0 heterocycles. The van der Waals surface area contributed by atoms with Gasteiger partial charge >= 0.3 is 65.8 Å². The molecule has 35 heavy (non-hydrogen) atoms. The first-order valence-corrected chi connectivity index (χ1v) is 7.47. The highest BCUT2D eigenvalue weighted by atomic mass is 19.4. The molecule has 0 radical (unpaired) electrons. The van der Waals surface area contributed by atoms with E-state index >= 15 is 0 Å². The number of ether oxygens (including phenoxy) is 1. The van der Waals surface area contributed by atoms with Gasteiger partial charge in [0.1, 0.15) is 0 Å². The Hall–Kier alpha value is -2.13. The van der Waals surface area contributed by atoms with Crippen LogP contribution in [0.4, 0.5) is 92.6 Å². The summed E-state index contributed by atoms with van der Waals surface area (Å²) in [5, 5.41) is 0. The van der Waals surface area contributed by atoms with Crippen molar-refractivity contribution >= 4 is 6.09 Å². The summed E-state index contributed by atoms with van der Waals surface area (Å²) in [7, 11) is 0. The summed E-state index contributed by atoms with van der Waals surface area (Å²) in [5.74, 6) is -75.9. The number of amides is 1. The predicted octanol–water partition coefficient (Wildman–Crippen LogP) is 6.06. The molecule has 0 aromatic heterocycles.